The van der Waals surface area contributed by atoms with E-state index in [9.17, 15) is 26.7 Å². The lowest BCUT2D eigenvalue weighted by molar-refractivity contribution is -0.206. The molecule has 2 nitrogen and oxygen atoms in total. The lowest BCUT2D eigenvalue weighted by atomic mass is 9.99. The number of aryl methyl sites for hydroxylation is 1. The zero-order chi connectivity index (χ0) is 25.1. The van der Waals surface area contributed by atoms with Crippen LogP contribution in [0.1, 0.15) is 87.6 Å². The van der Waals surface area contributed by atoms with Gasteiger partial charge in [-0.3, -0.25) is 0 Å². The minimum absolute atomic E-state index is 0.0718. The lowest BCUT2D eigenvalue weighted by Gasteiger charge is -2.21. The van der Waals surface area contributed by atoms with Gasteiger partial charge in [-0.25, -0.2) is 13.6 Å². The second-order valence-electron chi connectivity index (χ2n) is 8.58. The lowest BCUT2D eigenvalue weighted by Crippen LogP contribution is -2.34. The average Bonchev–Trinajstić information content (AvgIpc) is 2.80. The molecule has 34 heavy (non-hydrogen) atoms. The zero-order valence-corrected chi connectivity index (χ0v) is 19.8. The van der Waals surface area contributed by atoms with E-state index >= 15 is 0 Å². The maximum absolute atomic E-state index is 14.7. The van der Waals surface area contributed by atoms with Crippen LogP contribution in [0.3, 0.4) is 0 Å². The Bertz CT molecular complexity index is 906. The summed E-state index contributed by atoms with van der Waals surface area (Å²) < 4.78 is 74.0. The first-order valence-corrected chi connectivity index (χ1v) is 12.0. The van der Waals surface area contributed by atoms with Gasteiger partial charge in [0.05, 0.1) is 5.56 Å². The molecule has 0 radical (unpaired) electrons. The maximum Gasteiger partial charge on any atom is 0.425 e. The summed E-state index contributed by atoms with van der Waals surface area (Å²) in [7, 11) is 0. The standard InChI is InChI=1S/C27H33F5O2/c1-3-5-7-8-10-12-23(27(30,31)32)34-26(33)22-18-17-21(24(28)25(22)29)20-15-13-19(14-16-20)11-9-6-4-2/h13-18,23H,3-12H2,1-2H3. The molecule has 0 N–H and O–H groups in total. The van der Waals surface area contributed by atoms with Crippen molar-refractivity contribution in [1.29, 1.82) is 0 Å². The monoisotopic (exact) mass is 484 g/mol. The fourth-order valence-corrected chi connectivity index (χ4v) is 3.78. The molecule has 2 rings (SSSR count). The minimum atomic E-state index is -4.78. The number of halogens is 5. The number of unbranched alkanes of at least 4 members (excludes halogenated alkanes) is 6. The van der Waals surface area contributed by atoms with Crippen LogP contribution in [0.5, 0.6) is 0 Å². The van der Waals surface area contributed by atoms with E-state index in [1.807, 2.05) is 19.1 Å². The maximum atomic E-state index is 14.7. The Balaban J connectivity index is 2.12. The second-order valence-corrected chi connectivity index (χ2v) is 8.58. The Hall–Kier alpha value is -2.44. The molecule has 0 aliphatic carbocycles. The van der Waals surface area contributed by atoms with Gasteiger partial charge in [0.15, 0.2) is 17.7 Å². The molecular weight excluding hydrogens is 451 g/mol. The van der Waals surface area contributed by atoms with E-state index in [-0.39, 0.29) is 12.0 Å². The van der Waals surface area contributed by atoms with Crippen molar-refractivity contribution in [3.05, 3.63) is 59.2 Å². The van der Waals surface area contributed by atoms with Crippen LogP contribution in [0, 0.1) is 11.6 Å². The summed E-state index contributed by atoms with van der Waals surface area (Å²) in [6.07, 6.45) is 0.0142. The topological polar surface area (TPSA) is 26.3 Å². The third kappa shape index (κ3) is 8.10. The first-order valence-electron chi connectivity index (χ1n) is 12.0. The predicted molar refractivity (Wildman–Crippen MR) is 124 cm³/mol. The second kappa shape index (κ2) is 13.4. The summed E-state index contributed by atoms with van der Waals surface area (Å²) in [6.45, 7) is 4.10. The van der Waals surface area contributed by atoms with Crippen molar-refractivity contribution in [3.63, 3.8) is 0 Å². The van der Waals surface area contributed by atoms with Crippen molar-refractivity contribution in [3.8, 4) is 11.1 Å². The van der Waals surface area contributed by atoms with Crippen LogP contribution >= 0.6 is 0 Å². The van der Waals surface area contributed by atoms with Gasteiger partial charge in [-0.15, -0.1) is 0 Å². The fourth-order valence-electron chi connectivity index (χ4n) is 3.78. The molecule has 1 unspecified atom stereocenters. The van der Waals surface area contributed by atoms with Crippen LogP contribution in [0.25, 0.3) is 11.1 Å². The molecule has 7 heteroatoms. The summed E-state index contributed by atoms with van der Waals surface area (Å²) in [5, 5.41) is 0. The van der Waals surface area contributed by atoms with Crippen molar-refractivity contribution < 1.29 is 31.5 Å². The van der Waals surface area contributed by atoms with Crippen LogP contribution in [-0.4, -0.2) is 18.2 Å². The third-order valence-electron chi connectivity index (χ3n) is 5.82. The van der Waals surface area contributed by atoms with Crippen LogP contribution < -0.4 is 0 Å². The first-order chi connectivity index (χ1) is 16.2. The number of alkyl halides is 3. The van der Waals surface area contributed by atoms with Crippen LogP contribution in [0.4, 0.5) is 22.0 Å². The number of benzene rings is 2. The number of ether oxygens (including phenoxy) is 1. The predicted octanol–water partition coefficient (Wildman–Crippen LogP) is 8.81. The number of carbonyl (C=O) groups is 1. The van der Waals surface area contributed by atoms with E-state index in [2.05, 4.69) is 11.7 Å². The molecule has 0 spiro atoms. The molecule has 0 aromatic heterocycles. The molecule has 0 heterocycles. The highest BCUT2D eigenvalue weighted by atomic mass is 19.4. The van der Waals surface area contributed by atoms with Crippen LogP contribution in [0.15, 0.2) is 36.4 Å². The molecule has 0 saturated heterocycles. The summed E-state index contributed by atoms with van der Waals surface area (Å²) in [5.74, 6) is -4.33. The number of rotatable bonds is 13. The van der Waals surface area contributed by atoms with Crippen molar-refractivity contribution >= 4 is 5.97 Å². The van der Waals surface area contributed by atoms with E-state index in [4.69, 9.17) is 0 Å². The molecule has 0 aliphatic rings. The minimum Gasteiger partial charge on any atom is -0.449 e. The zero-order valence-electron chi connectivity index (χ0n) is 19.8. The van der Waals surface area contributed by atoms with Crippen molar-refractivity contribution in [2.45, 2.75) is 90.3 Å². The van der Waals surface area contributed by atoms with E-state index in [0.29, 0.717) is 12.0 Å². The highest BCUT2D eigenvalue weighted by Gasteiger charge is 2.42. The van der Waals surface area contributed by atoms with E-state index in [1.165, 1.54) is 6.07 Å². The number of esters is 1. The molecule has 0 bridgehead atoms. The highest BCUT2D eigenvalue weighted by molar-refractivity contribution is 5.90. The quantitative estimate of drug-likeness (QED) is 0.161. The molecular formula is C27H33F5O2. The molecule has 2 aromatic carbocycles. The first kappa shape index (κ1) is 27.8. The van der Waals surface area contributed by atoms with Gasteiger partial charge in [0.25, 0.3) is 0 Å². The molecule has 1 atom stereocenters. The van der Waals surface area contributed by atoms with Gasteiger partial charge in [0.1, 0.15) is 0 Å². The molecule has 0 fully saturated rings. The Labute approximate surface area is 198 Å². The Morgan fingerprint density at radius 2 is 1.44 bits per heavy atom. The van der Waals surface area contributed by atoms with Gasteiger partial charge in [0.2, 0.25) is 0 Å². The van der Waals surface area contributed by atoms with Gasteiger partial charge in [0, 0.05) is 5.56 Å². The van der Waals surface area contributed by atoms with Gasteiger partial charge in [-0.2, -0.15) is 13.2 Å². The Morgan fingerprint density at radius 3 is 2.06 bits per heavy atom. The molecule has 188 valence electrons. The SMILES string of the molecule is CCCCCCCC(OC(=O)c1ccc(-c2ccc(CCCCC)cc2)c(F)c1F)C(F)(F)F. The van der Waals surface area contributed by atoms with E-state index in [0.717, 1.165) is 56.6 Å². The van der Waals surface area contributed by atoms with Crippen molar-refractivity contribution in [2.75, 3.05) is 0 Å². The summed E-state index contributed by atoms with van der Waals surface area (Å²) in [6, 6.07) is 9.15. The number of hydrogen-bond donors (Lipinski definition) is 0. The summed E-state index contributed by atoms with van der Waals surface area (Å²) >= 11 is 0. The Morgan fingerprint density at radius 1 is 0.824 bits per heavy atom. The summed E-state index contributed by atoms with van der Waals surface area (Å²) in [5.41, 5.74) is 0.567. The summed E-state index contributed by atoms with van der Waals surface area (Å²) in [4.78, 5) is 12.3. The Kier molecular flexibility index (Phi) is 11.0. The third-order valence-corrected chi connectivity index (χ3v) is 5.82. The van der Waals surface area contributed by atoms with E-state index in [1.54, 1.807) is 12.1 Å². The van der Waals surface area contributed by atoms with Gasteiger partial charge in [-0.05, 0) is 42.9 Å². The number of hydrogen-bond acceptors (Lipinski definition) is 2. The molecule has 0 amide bonds. The van der Waals surface area contributed by atoms with Gasteiger partial charge >= 0.3 is 12.1 Å². The molecule has 0 saturated carbocycles. The van der Waals surface area contributed by atoms with Crippen LogP contribution in [0.2, 0.25) is 0 Å². The number of carbonyl (C=O) groups excluding carboxylic acids is 1. The van der Waals surface area contributed by atoms with Crippen LogP contribution in [-0.2, 0) is 11.2 Å². The fraction of sp³-hybridized carbons (Fsp3) is 0.519. The van der Waals surface area contributed by atoms with E-state index < -0.39 is 41.9 Å². The largest absolute Gasteiger partial charge is 0.449 e. The van der Waals surface area contributed by atoms with Gasteiger partial charge < -0.3 is 4.74 Å². The normalized spacial score (nSPS) is 12.6. The van der Waals surface area contributed by atoms with Crippen molar-refractivity contribution in [1.82, 2.24) is 0 Å². The highest BCUT2D eigenvalue weighted by Crippen LogP contribution is 2.31. The average molecular weight is 485 g/mol. The van der Waals surface area contributed by atoms with Gasteiger partial charge in [-0.1, -0.05) is 82.7 Å². The molecule has 0 aliphatic heterocycles. The molecule has 2 aromatic rings. The van der Waals surface area contributed by atoms with Crippen molar-refractivity contribution in [2.24, 2.45) is 0 Å². The smallest absolute Gasteiger partial charge is 0.425 e.